The van der Waals surface area contributed by atoms with E-state index >= 15 is 0 Å². The quantitative estimate of drug-likeness (QED) is 0.759. The Morgan fingerprint density at radius 3 is 2.21 bits per heavy atom. The zero-order valence-electron chi connectivity index (χ0n) is 11.9. The van der Waals surface area contributed by atoms with Gasteiger partial charge in [-0.15, -0.1) is 0 Å². The van der Waals surface area contributed by atoms with Crippen molar-refractivity contribution >= 4 is 5.78 Å². The summed E-state index contributed by atoms with van der Waals surface area (Å²) in [6, 6.07) is 11.5. The fourth-order valence-corrected chi connectivity index (χ4v) is 2.00. The molecule has 0 saturated heterocycles. The fourth-order valence-electron chi connectivity index (χ4n) is 2.00. The van der Waals surface area contributed by atoms with Crippen LogP contribution < -0.4 is 0 Å². The number of carbonyl (C=O) groups is 1. The second-order valence-electron chi connectivity index (χ2n) is 5.79. The van der Waals surface area contributed by atoms with E-state index in [-0.39, 0.29) is 11.2 Å². The van der Waals surface area contributed by atoms with Gasteiger partial charge >= 0.3 is 0 Å². The van der Waals surface area contributed by atoms with Gasteiger partial charge in [-0.1, -0.05) is 45.0 Å². The summed E-state index contributed by atoms with van der Waals surface area (Å²) in [7, 11) is 0. The summed E-state index contributed by atoms with van der Waals surface area (Å²) < 4.78 is 0. The van der Waals surface area contributed by atoms with Gasteiger partial charge in [0.25, 0.3) is 0 Å². The zero-order valence-corrected chi connectivity index (χ0v) is 11.9. The number of hydrogen-bond acceptors (Lipinski definition) is 2. The summed E-state index contributed by atoms with van der Waals surface area (Å²) in [4.78, 5) is 16.5. The Labute approximate surface area is 114 Å². The van der Waals surface area contributed by atoms with Crippen LogP contribution in [0.25, 0.3) is 0 Å². The summed E-state index contributed by atoms with van der Waals surface area (Å²) in [6.07, 6.45) is 1.70. The molecule has 0 spiro atoms. The molecule has 1 heterocycles. The van der Waals surface area contributed by atoms with Gasteiger partial charge in [0.2, 0.25) is 0 Å². The number of nitrogens with zero attached hydrogens (tertiary/aromatic N) is 1. The van der Waals surface area contributed by atoms with Gasteiger partial charge in [-0.25, -0.2) is 0 Å². The van der Waals surface area contributed by atoms with E-state index in [0.29, 0.717) is 11.1 Å². The van der Waals surface area contributed by atoms with Crippen LogP contribution in [0, 0.1) is 6.92 Å². The van der Waals surface area contributed by atoms with Crippen molar-refractivity contribution in [3.8, 4) is 0 Å². The van der Waals surface area contributed by atoms with E-state index in [1.165, 1.54) is 5.56 Å². The van der Waals surface area contributed by atoms with Crippen molar-refractivity contribution in [2.24, 2.45) is 0 Å². The summed E-state index contributed by atoms with van der Waals surface area (Å²) in [6.45, 7) is 8.34. The molecule has 2 aromatic rings. The minimum atomic E-state index is 0.0334. The maximum atomic E-state index is 12.4. The van der Waals surface area contributed by atoms with Crippen molar-refractivity contribution in [2.75, 3.05) is 0 Å². The third-order valence-electron chi connectivity index (χ3n) is 3.26. The van der Waals surface area contributed by atoms with Crippen LogP contribution in [0.2, 0.25) is 0 Å². The normalized spacial score (nSPS) is 11.4. The molecule has 0 aliphatic carbocycles. The Kier molecular flexibility index (Phi) is 3.52. The highest BCUT2D eigenvalue weighted by Gasteiger charge is 2.16. The lowest BCUT2D eigenvalue weighted by Crippen LogP contribution is -2.11. The molecule has 0 atom stereocenters. The number of rotatable bonds is 2. The standard InChI is InChI=1S/C17H19NO/c1-12-15(6-5-11-18-12)16(19)13-7-9-14(10-8-13)17(2,3)4/h5-11H,1-4H3. The molecule has 0 aliphatic rings. The van der Waals surface area contributed by atoms with E-state index in [2.05, 4.69) is 25.8 Å². The highest BCUT2D eigenvalue weighted by molar-refractivity contribution is 6.09. The average Bonchev–Trinajstić information content (AvgIpc) is 2.38. The minimum Gasteiger partial charge on any atom is -0.289 e. The maximum absolute atomic E-state index is 12.4. The number of benzene rings is 1. The topological polar surface area (TPSA) is 30.0 Å². The van der Waals surface area contributed by atoms with E-state index in [1.807, 2.05) is 37.3 Å². The lowest BCUT2D eigenvalue weighted by atomic mass is 9.86. The van der Waals surface area contributed by atoms with Gasteiger partial charge in [-0.05, 0) is 30.0 Å². The Balaban J connectivity index is 2.34. The van der Waals surface area contributed by atoms with E-state index in [0.717, 1.165) is 5.69 Å². The van der Waals surface area contributed by atoms with Gasteiger partial charge in [0.1, 0.15) is 0 Å². The largest absolute Gasteiger partial charge is 0.289 e. The Morgan fingerprint density at radius 1 is 1.05 bits per heavy atom. The van der Waals surface area contributed by atoms with Crippen LogP contribution in [0.4, 0.5) is 0 Å². The molecule has 1 aromatic heterocycles. The van der Waals surface area contributed by atoms with E-state index in [9.17, 15) is 4.79 Å². The molecule has 0 amide bonds. The first-order valence-electron chi connectivity index (χ1n) is 6.46. The average molecular weight is 253 g/mol. The first kappa shape index (κ1) is 13.5. The molecule has 0 fully saturated rings. The Bertz CT molecular complexity index is 591. The van der Waals surface area contributed by atoms with E-state index in [4.69, 9.17) is 0 Å². The van der Waals surface area contributed by atoms with Gasteiger partial charge in [-0.3, -0.25) is 9.78 Å². The van der Waals surface area contributed by atoms with Gasteiger partial charge in [0.05, 0.1) is 0 Å². The number of aryl methyl sites for hydroxylation is 1. The third kappa shape index (κ3) is 2.90. The number of carbonyl (C=O) groups excluding carboxylic acids is 1. The van der Waals surface area contributed by atoms with E-state index < -0.39 is 0 Å². The molecule has 0 aliphatic heterocycles. The van der Waals surface area contributed by atoms with Crippen molar-refractivity contribution in [2.45, 2.75) is 33.1 Å². The van der Waals surface area contributed by atoms with Crippen LogP contribution in [0.5, 0.6) is 0 Å². The molecule has 19 heavy (non-hydrogen) atoms. The molecule has 2 nitrogen and oxygen atoms in total. The highest BCUT2D eigenvalue weighted by Crippen LogP contribution is 2.23. The molecule has 2 rings (SSSR count). The number of ketones is 1. The summed E-state index contributed by atoms with van der Waals surface area (Å²) in [5.74, 6) is 0.0334. The Morgan fingerprint density at radius 2 is 1.68 bits per heavy atom. The van der Waals surface area contributed by atoms with Crippen molar-refractivity contribution < 1.29 is 4.79 Å². The number of pyridine rings is 1. The lowest BCUT2D eigenvalue weighted by Gasteiger charge is -2.19. The molecular weight excluding hydrogens is 234 g/mol. The van der Waals surface area contributed by atoms with Crippen molar-refractivity contribution in [3.63, 3.8) is 0 Å². The molecule has 0 bridgehead atoms. The first-order valence-corrected chi connectivity index (χ1v) is 6.46. The monoisotopic (exact) mass is 253 g/mol. The summed E-state index contributed by atoms with van der Waals surface area (Å²) in [5, 5.41) is 0. The number of hydrogen-bond donors (Lipinski definition) is 0. The molecular formula is C17H19NO. The zero-order chi connectivity index (χ0) is 14.0. The second-order valence-corrected chi connectivity index (χ2v) is 5.79. The van der Waals surface area contributed by atoms with Gasteiger partial charge in [0.15, 0.2) is 5.78 Å². The third-order valence-corrected chi connectivity index (χ3v) is 3.26. The molecule has 2 heteroatoms. The highest BCUT2D eigenvalue weighted by atomic mass is 16.1. The van der Waals surface area contributed by atoms with Gasteiger partial charge in [-0.2, -0.15) is 0 Å². The van der Waals surface area contributed by atoms with Gasteiger partial charge < -0.3 is 0 Å². The van der Waals surface area contributed by atoms with Gasteiger partial charge in [0, 0.05) is 23.0 Å². The molecule has 0 unspecified atom stereocenters. The minimum absolute atomic E-state index is 0.0334. The van der Waals surface area contributed by atoms with Crippen LogP contribution >= 0.6 is 0 Å². The van der Waals surface area contributed by atoms with Crippen LogP contribution in [0.1, 0.15) is 48.0 Å². The van der Waals surface area contributed by atoms with Crippen LogP contribution in [0.15, 0.2) is 42.6 Å². The fraction of sp³-hybridized carbons (Fsp3) is 0.294. The molecule has 0 N–H and O–H groups in total. The SMILES string of the molecule is Cc1ncccc1C(=O)c1ccc(C(C)(C)C)cc1. The van der Waals surface area contributed by atoms with Crippen molar-refractivity contribution in [1.82, 2.24) is 4.98 Å². The van der Waals surface area contributed by atoms with E-state index in [1.54, 1.807) is 12.3 Å². The summed E-state index contributed by atoms with van der Waals surface area (Å²) >= 11 is 0. The first-order chi connectivity index (χ1) is 8.89. The van der Waals surface area contributed by atoms with Crippen LogP contribution in [-0.4, -0.2) is 10.8 Å². The van der Waals surface area contributed by atoms with Crippen LogP contribution in [-0.2, 0) is 5.41 Å². The molecule has 0 saturated carbocycles. The van der Waals surface area contributed by atoms with Crippen LogP contribution in [0.3, 0.4) is 0 Å². The smallest absolute Gasteiger partial charge is 0.194 e. The maximum Gasteiger partial charge on any atom is 0.194 e. The molecule has 98 valence electrons. The number of aromatic nitrogens is 1. The predicted molar refractivity (Wildman–Crippen MR) is 77.5 cm³/mol. The Hall–Kier alpha value is -1.96. The second kappa shape index (κ2) is 4.96. The van der Waals surface area contributed by atoms with Crippen molar-refractivity contribution in [3.05, 3.63) is 65.0 Å². The molecule has 0 radical (unpaired) electrons. The van der Waals surface area contributed by atoms with Crippen molar-refractivity contribution in [1.29, 1.82) is 0 Å². The lowest BCUT2D eigenvalue weighted by molar-refractivity contribution is 0.103. The summed E-state index contributed by atoms with van der Waals surface area (Å²) in [5.41, 5.74) is 3.49. The predicted octanol–water partition coefficient (Wildman–Crippen LogP) is 3.92. The molecule has 1 aromatic carbocycles.